The van der Waals surface area contributed by atoms with Gasteiger partial charge < -0.3 is 10.4 Å². The Morgan fingerprint density at radius 1 is 1.28 bits per heavy atom. The molecule has 1 aliphatic rings. The van der Waals surface area contributed by atoms with Crippen LogP contribution in [0.25, 0.3) is 0 Å². The summed E-state index contributed by atoms with van der Waals surface area (Å²) in [6.07, 6.45) is 5.13. The van der Waals surface area contributed by atoms with Crippen LogP contribution in [0.3, 0.4) is 0 Å². The topological polar surface area (TPSA) is 69.6 Å². The van der Waals surface area contributed by atoms with Crippen LogP contribution in [0, 0.1) is 0 Å². The number of hydrogen-bond acceptors (Lipinski definition) is 3. The molecule has 0 radical (unpaired) electrons. The van der Waals surface area contributed by atoms with Gasteiger partial charge in [0.2, 0.25) is 5.91 Å². The van der Waals surface area contributed by atoms with Crippen LogP contribution in [-0.4, -0.2) is 47.6 Å². The highest BCUT2D eigenvalue weighted by molar-refractivity contribution is 5.78. The molecule has 0 aromatic heterocycles. The molecule has 0 unspecified atom stereocenters. The molecular formula is C13H24N2O3. The average molecular weight is 256 g/mol. The van der Waals surface area contributed by atoms with E-state index in [1.54, 1.807) is 0 Å². The Kier molecular flexibility index (Phi) is 5.59. The summed E-state index contributed by atoms with van der Waals surface area (Å²) in [6.45, 7) is 2.77. The van der Waals surface area contributed by atoms with Crippen molar-refractivity contribution in [3.63, 3.8) is 0 Å². The van der Waals surface area contributed by atoms with E-state index in [2.05, 4.69) is 5.32 Å². The normalized spacial score (nSPS) is 18.6. The van der Waals surface area contributed by atoms with Gasteiger partial charge in [0.1, 0.15) is 0 Å². The third-order valence-corrected chi connectivity index (χ3v) is 3.83. The zero-order valence-electron chi connectivity index (χ0n) is 11.4. The van der Waals surface area contributed by atoms with Crippen LogP contribution >= 0.6 is 0 Å². The van der Waals surface area contributed by atoms with Crippen LogP contribution in [0.2, 0.25) is 0 Å². The third-order valence-electron chi connectivity index (χ3n) is 3.83. The second-order valence-corrected chi connectivity index (χ2v) is 5.17. The zero-order valence-corrected chi connectivity index (χ0v) is 11.4. The first-order chi connectivity index (χ1) is 8.50. The summed E-state index contributed by atoms with van der Waals surface area (Å²) in [5.41, 5.74) is -0.338. The number of carboxylic acids is 1. The van der Waals surface area contributed by atoms with Crippen molar-refractivity contribution in [2.75, 3.05) is 20.1 Å². The first-order valence-corrected chi connectivity index (χ1v) is 6.70. The molecule has 0 atom stereocenters. The minimum Gasteiger partial charge on any atom is -0.481 e. The van der Waals surface area contributed by atoms with Gasteiger partial charge in [0.15, 0.2) is 0 Å². The molecule has 2 N–H and O–H groups in total. The number of hydrogen-bond donors (Lipinski definition) is 2. The molecule has 0 aromatic rings. The predicted molar refractivity (Wildman–Crippen MR) is 69.4 cm³/mol. The molecule has 0 bridgehead atoms. The second kappa shape index (κ2) is 6.73. The maximum atomic E-state index is 11.6. The maximum absolute atomic E-state index is 11.6. The van der Waals surface area contributed by atoms with Crippen LogP contribution in [0.4, 0.5) is 0 Å². The summed E-state index contributed by atoms with van der Waals surface area (Å²) in [5.74, 6) is -0.810. The number of carbonyl (C=O) groups is 2. The summed E-state index contributed by atoms with van der Waals surface area (Å²) in [7, 11) is 1.86. The van der Waals surface area contributed by atoms with E-state index in [1.807, 2.05) is 18.9 Å². The lowest BCUT2D eigenvalue weighted by molar-refractivity contribution is -0.142. The van der Waals surface area contributed by atoms with E-state index >= 15 is 0 Å². The fourth-order valence-electron chi connectivity index (χ4n) is 2.82. The van der Waals surface area contributed by atoms with Crippen molar-refractivity contribution in [2.24, 2.45) is 0 Å². The highest BCUT2D eigenvalue weighted by Gasteiger charge is 2.38. The smallest absolute Gasteiger partial charge is 0.305 e. The number of rotatable bonds is 6. The molecule has 0 heterocycles. The molecule has 1 rings (SSSR count). The summed E-state index contributed by atoms with van der Waals surface area (Å²) in [4.78, 5) is 24.6. The minimum absolute atomic E-state index is 0.0321. The Labute approximate surface area is 109 Å². The second-order valence-electron chi connectivity index (χ2n) is 5.17. The molecule has 5 heteroatoms. The van der Waals surface area contributed by atoms with Gasteiger partial charge in [-0.25, -0.2) is 0 Å². The maximum Gasteiger partial charge on any atom is 0.305 e. The summed E-state index contributed by atoms with van der Waals surface area (Å²) in [5, 5.41) is 11.8. The fraction of sp³-hybridized carbons (Fsp3) is 0.846. The summed E-state index contributed by atoms with van der Waals surface area (Å²) in [6, 6.07) is 0. The van der Waals surface area contributed by atoms with Gasteiger partial charge in [-0.15, -0.1) is 0 Å². The molecule has 0 saturated heterocycles. The van der Waals surface area contributed by atoms with Crippen LogP contribution in [0.15, 0.2) is 0 Å². The Bertz CT molecular complexity index is 299. The summed E-state index contributed by atoms with van der Waals surface area (Å²) >= 11 is 0. The molecule has 1 aliphatic carbocycles. The van der Waals surface area contributed by atoms with Gasteiger partial charge in [0.25, 0.3) is 0 Å². The molecule has 1 saturated carbocycles. The molecule has 0 spiro atoms. The number of nitrogens with zero attached hydrogens (tertiary/aromatic N) is 1. The number of amides is 1. The van der Waals surface area contributed by atoms with Crippen molar-refractivity contribution in [1.29, 1.82) is 0 Å². The van der Waals surface area contributed by atoms with Gasteiger partial charge in [-0.2, -0.15) is 0 Å². The Morgan fingerprint density at radius 3 is 2.39 bits per heavy atom. The van der Waals surface area contributed by atoms with Crippen molar-refractivity contribution >= 4 is 11.9 Å². The number of carboxylic acid groups (broad SMARTS) is 1. The van der Waals surface area contributed by atoms with Crippen molar-refractivity contribution in [1.82, 2.24) is 10.2 Å². The zero-order chi connectivity index (χ0) is 13.6. The van der Waals surface area contributed by atoms with Gasteiger partial charge in [-0.3, -0.25) is 14.5 Å². The number of aliphatic carboxylic acids is 1. The first kappa shape index (κ1) is 15.0. The van der Waals surface area contributed by atoms with Gasteiger partial charge >= 0.3 is 5.97 Å². The van der Waals surface area contributed by atoms with Crippen molar-refractivity contribution in [3.8, 4) is 0 Å². The van der Waals surface area contributed by atoms with Gasteiger partial charge in [-0.1, -0.05) is 19.3 Å². The van der Waals surface area contributed by atoms with Crippen molar-refractivity contribution in [3.05, 3.63) is 0 Å². The van der Waals surface area contributed by atoms with E-state index in [0.29, 0.717) is 6.54 Å². The lowest BCUT2D eigenvalue weighted by Crippen LogP contribution is -2.52. The fourth-order valence-corrected chi connectivity index (χ4v) is 2.82. The molecule has 18 heavy (non-hydrogen) atoms. The van der Waals surface area contributed by atoms with Crippen LogP contribution < -0.4 is 5.32 Å². The highest BCUT2D eigenvalue weighted by Crippen LogP contribution is 2.35. The van der Waals surface area contributed by atoms with E-state index < -0.39 is 5.97 Å². The van der Waals surface area contributed by atoms with Gasteiger partial charge in [0, 0.05) is 12.1 Å². The quantitative estimate of drug-likeness (QED) is 0.750. The Morgan fingerprint density at radius 2 is 1.89 bits per heavy atom. The van der Waals surface area contributed by atoms with Crippen molar-refractivity contribution in [2.45, 2.75) is 51.0 Å². The lowest BCUT2D eigenvalue weighted by atomic mass is 9.78. The van der Waals surface area contributed by atoms with E-state index in [9.17, 15) is 9.59 Å². The van der Waals surface area contributed by atoms with Crippen LogP contribution in [0.5, 0.6) is 0 Å². The van der Waals surface area contributed by atoms with Gasteiger partial charge in [-0.05, 0) is 26.8 Å². The van der Waals surface area contributed by atoms with E-state index in [4.69, 9.17) is 5.11 Å². The van der Waals surface area contributed by atoms with E-state index in [0.717, 1.165) is 32.1 Å². The standard InChI is InChI=1S/C13H24N2O3/c1-3-14-11(16)10-15(2)13(9-12(17)18)7-5-4-6-8-13/h3-10H2,1-2H3,(H,14,16)(H,17,18). The minimum atomic E-state index is -0.778. The Hall–Kier alpha value is -1.10. The first-order valence-electron chi connectivity index (χ1n) is 6.70. The van der Waals surface area contributed by atoms with Crippen LogP contribution in [0.1, 0.15) is 45.4 Å². The average Bonchev–Trinajstić information content (AvgIpc) is 2.29. The molecule has 0 aromatic carbocycles. The third kappa shape index (κ3) is 3.98. The SMILES string of the molecule is CCNC(=O)CN(C)C1(CC(=O)O)CCCCC1. The summed E-state index contributed by atoms with van der Waals surface area (Å²) < 4.78 is 0. The largest absolute Gasteiger partial charge is 0.481 e. The molecule has 0 aliphatic heterocycles. The van der Waals surface area contributed by atoms with Crippen molar-refractivity contribution < 1.29 is 14.7 Å². The van der Waals surface area contributed by atoms with Crippen LogP contribution in [-0.2, 0) is 9.59 Å². The number of likely N-dealkylation sites (N-methyl/N-ethyl adjacent to an activating group) is 2. The predicted octanol–water partition coefficient (Wildman–Crippen LogP) is 1.23. The highest BCUT2D eigenvalue weighted by atomic mass is 16.4. The number of carbonyl (C=O) groups excluding carboxylic acids is 1. The lowest BCUT2D eigenvalue weighted by Gasteiger charge is -2.43. The molecule has 1 amide bonds. The molecule has 5 nitrogen and oxygen atoms in total. The molecule has 1 fully saturated rings. The molecule has 104 valence electrons. The van der Waals surface area contributed by atoms with E-state index in [1.165, 1.54) is 0 Å². The molecular weight excluding hydrogens is 232 g/mol. The Balaban J connectivity index is 2.69. The van der Waals surface area contributed by atoms with E-state index in [-0.39, 0.29) is 24.4 Å². The number of nitrogens with one attached hydrogen (secondary N) is 1. The monoisotopic (exact) mass is 256 g/mol. The van der Waals surface area contributed by atoms with Gasteiger partial charge in [0.05, 0.1) is 13.0 Å².